The van der Waals surface area contributed by atoms with E-state index in [0.29, 0.717) is 10.3 Å². The van der Waals surface area contributed by atoms with Crippen LogP contribution in [0, 0.1) is 0 Å². The molecule has 3 aromatic carbocycles. The normalized spacial score (nSPS) is 14.0. The third-order valence-corrected chi connectivity index (χ3v) is 43.0. The van der Waals surface area contributed by atoms with E-state index >= 15 is 0 Å². The molecular weight excluding hydrogens is 787 g/mol. The molecule has 3 aromatic rings. The van der Waals surface area contributed by atoms with Gasteiger partial charge in [-0.25, -0.2) is 0 Å². The van der Waals surface area contributed by atoms with Crippen LogP contribution in [0.3, 0.4) is 0 Å². The Morgan fingerprint density at radius 3 is 0.917 bits per heavy atom. The molecule has 3 rings (SSSR count). The molecule has 0 aliphatic rings. The zero-order valence-corrected chi connectivity index (χ0v) is 42.7. The van der Waals surface area contributed by atoms with E-state index in [1.807, 2.05) is 0 Å². The molecule has 0 unspecified atom stereocenters. The van der Waals surface area contributed by atoms with Crippen LogP contribution in [0.15, 0.2) is 72.8 Å². The van der Waals surface area contributed by atoms with Crippen molar-refractivity contribution in [2.75, 3.05) is 6.95 Å². The Morgan fingerprint density at radius 2 is 0.667 bits per heavy atom. The molecule has 0 bridgehead atoms. The second-order valence-electron chi connectivity index (χ2n) is 20.8. The Hall–Kier alpha value is -0.621. The molecule has 0 atom stereocenters. The van der Waals surface area contributed by atoms with Gasteiger partial charge in [-0.2, -0.15) is 0 Å². The third-order valence-electron chi connectivity index (χ3n) is 9.60. The van der Waals surface area contributed by atoms with E-state index in [1.165, 1.54) is 11.4 Å². The molecule has 0 fully saturated rings. The van der Waals surface area contributed by atoms with Crippen LogP contribution >= 0.6 is 0 Å². The number of hydrogen-bond donors (Lipinski definition) is 2. The van der Waals surface area contributed by atoms with Crippen molar-refractivity contribution in [3.05, 3.63) is 89.5 Å². The molecular formula is C39H71N2SbSi6. The van der Waals surface area contributed by atoms with Gasteiger partial charge in [0.1, 0.15) is 0 Å². The fourth-order valence-corrected chi connectivity index (χ4v) is 55.1. The first-order valence-electron chi connectivity index (χ1n) is 18.2. The number of anilines is 2. The standard InChI is InChI=1S/C27H59Si6.2C6H6N.Sb/c1-28(2,3)25(29(4,5)6)22-19-23(26(30(7,8)9)31(10,11)12)21-24(20-22)27(32(13,14)15)33(16,17)18;2*7-6-4-2-1-3-5-6;/h19-20,25-27H,1-18H3;2*1-5,7H;/q;2*-1;+2. The van der Waals surface area contributed by atoms with Crippen LogP contribution in [0.2, 0.25) is 118 Å². The number of nitrogens with one attached hydrogen (secondary N) is 2. The molecule has 0 aromatic heterocycles. The zero-order chi connectivity index (χ0) is 36.7. The van der Waals surface area contributed by atoms with Crippen molar-refractivity contribution in [3.8, 4) is 0 Å². The first kappa shape index (κ1) is 41.8. The summed E-state index contributed by atoms with van der Waals surface area (Å²) in [6, 6.07) is 27.9. The predicted octanol–water partition coefficient (Wildman–Crippen LogP) is 12.1. The minimum absolute atomic E-state index is 0.675. The summed E-state index contributed by atoms with van der Waals surface area (Å²) in [4.78, 5) is 0. The van der Waals surface area contributed by atoms with Gasteiger partial charge < -0.3 is 0 Å². The van der Waals surface area contributed by atoms with Crippen molar-refractivity contribution in [1.29, 1.82) is 0 Å². The molecule has 0 amide bonds. The topological polar surface area (TPSA) is 24.1 Å². The predicted molar refractivity (Wildman–Crippen MR) is 240 cm³/mol. The van der Waals surface area contributed by atoms with Crippen LogP contribution in [0.1, 0.15) is 32.2 Å². The van der Waals surface area contributed by atoms with Crippen LogP contribution in [0.5, 0.6) is 0 Å². The number of benzene rings is 3. The molecule has 0 spiro atoms. The molecule has 0 heterocycles. The second-order valence-corrected chi connectivity index (χ2v) is 58.9. The summed E-state index contributed by atoms with van der Waals surface area (Å²) in [5.74, 6) is 0. The maximum atomic E-state index is 4.30. The average Bonchev–Trinajstić information content (AvgIpc) is 2.84. The first-order chi connectivity index (χ1) is 21.6. The van der Waals surface area contributed by atoms with Crippen LogP contribution in [0.25, 0.3) is 0 Å². The van der Waals surface area contributed by atoms with Gasteiger partial charge >= 0.3 is 314 Å². The molecule has 0 aliphatic heterocycles. The van der Waals surface area contributed by atoms with Crippen LogP contribution in [-0.4, -0.2) is 69.2 Å². The summed E-state index contributed by atoms with van der Waals surface area (Å²) in [6.45, 7) is 48.0. The first-order valence-corrected chi connectivity index (χ1v) is 43.5. The van der Waals surface area contributed by atoms with E-state index < -0.39 is 69.2 Å². The Kier molecular flexibility index (Phi) is 13.2. The van der Waals surface area contributed by atoms with Gasteiger partial charge in [0.2, 0.25) is 0 Å². The van der Waals surface area contributed by atoms with Crippen molar-refractivity contribution in [3.63, 3.8) is 0 Å². The van der Waals surface area contributed by atoms with Crippen molar-refractivity contribution < 1.29 is 0 Å². The maximum absolute atomic E-state index is 4.30. The van der Waals surface area contributed by atoms with E-state index in [-0.39, 0.29) is 0 Å². The second kappa shape index (κ2) is 15.2. The molecule has 2 nitrogen and oxygen atoms in total. The van der Waals surface area contributed by atoms with Gasteiger partial charge in [-0.1, -0.05) is 0 Å². The third kappa shape index (κ3) is 10.7. The van der Waals surface area contributed by atoms with Gasteiger partial charge in [0.25, 0.3) is 0 Å². The van der Waals surface area contributed by atoms with Crippen LogP contribution in [0.4, 0.5) is 11.4 Å². The van der Waals surface area contributed by atoms with Gasteiger partial charge in [-0.05, 0) is 0 Å². The summed E-state index contributed by atoms with van der Waals surface area (Å²) in [5, 5.41) is 2.07. The minimum atomic E-state index is -2.69. The van der Waals surface area contributed by atoms with Gasteiger partial charge in [-0.3, -0.25) is 0 Å². The Labute approximate surface area is 311 Å². The number of para-hydroxylation sites is 2. The summed E-state index contributed by atoms with van der Waals surface area (Å²) < 4.78 is 10.4. The summed E-state index contributed by atoms with van der Waals surface area (Å²) in [7, 11) is -9.64. The van der Waals surface area contributed by atoms with Gasteiger partial charge in [0.15, 0.2) is 0 Å². The van der Waals surface area contributed by atoms with Crippen molar-refractivity contribution >= 4 is 84.1 Å². The summed E-state index contributed by atoms with van der Waals surface area (Å²) in [5.41, 5.74) is 7.74. The SMILES string of the molecule is C[Si](C)(C)C(c1cc(C([Si](C)(C)C)[Si](C)(C)C)[c]([Sb]([NH]c2ccccc2)[NH]c2ccccc2)c(C([Si](C)(C)C)[Si](C)(C)C)c1)[Si](C)(C)C. The van der Waals surface area contributed by atoms with Crippen molar-refractivity contribution in [2.24, 2.45) is 0 Å². The quantitative estimate of drug-likeness (QED) is 0.158. The molecule has 266 valence electrons. The molecule has 0 saturated heterocycles. The Bertz CT molecular complexity index is 1350. The monoisotopic (exact) mass is 856 g/mol. The molecule has 0 saturated carbocycles. The molecule has 48 heavy (non-hydrogen) atoms. The molecule has 0 aliphatic carbocycles. The van der Waals surface area contributed by atoms with Gasteiger partial charge in [0, 0.05) is 0 Å². The Balaban J connectivity index is 2.70. The summed E-state index contributed by atoms with van der Waals surface area (Å²) >= 11 is -2.69. The van der Waals surface area contributed by atoms with E-state index in [4.69, 9.17) is 0 Å². The van der Waals surface area contributed by atoms with Crippen LogP contribution in [-0.2, 0) is 0 Å². The summed E-state index contributed by atoms with van der Waals surface area (Å²) in [6.07, 6.45) is 0. The van der Waals surface area contributed by atoms with E-state index in [0.717, 1.165) is 5.16 Å². The number of hydrogen-bond acceptors (Lipinski definition) is 2. The molecule has 9 heteroatoms. The van der Waals surface area contributed by atoms with Crippen molar-refractivity contribution in [2.45, 2.75) is 133 Å². The average molecular weight is 858 g/mol. The number of rotatable bonds is 14. The van der Waals surface area contributed by atoms with E-state index in [9.17, 15) is 0 Å². The van der Waals surface area contributed by atoms with Gasteiger partial charge in [-0.15, -0.1) is 0 Å². The molecule has 2 N–H and O–H groups in total. The Morgan fingerprint density at radius 1 is 0.396 bits per heavy atom. The van der Waals surface area contributed by atoms with E-state index in [1.54, 1.807) is 20.2 Å². The fraction of sp³-hybridized carbons (Fsp3) is 0.538. The van der Waals surface area contributed by atoms with Gasteiger partial charge in [0.05, 0.1) is 0 Å². The zero-order valence-electron chi connectivity index (χ0n) is 34.1. The van der Waals surface area contributed by atoms with Crippen LogP contribution < -0.4 is 10.5 Å². The molecule has 0 radical (unpaired) electrons. The van der Waals surface area contributed by atoms with E-state index in [2.05, 4.69) is 198 Å². The fourth-order valence-electron chi connectivity index (χ4n) is 9.76. The van der Waals surface area contributed by atoms with Crippen molar-refractivity contribution in [1.82, 2.24) is 0 Å².